The molecule has 82 heavy (non-hydrogen) atoms. The molecule has 0 saturated carbocycles. The third-order valence-electron chi connectivity index (χ3n) is 17.7. The second-order valence-electron chi connectivity index (χ2n) is 24.6. The average molecular weight is 1090 g/mol. The number of nitrogens with zero attached hydrogens (tertiary/aromatic N) is 3. The monoisotopic (exact) mass is 1090 g/mol. The molecule has 3 atom stereocenters. The predicted octanol–water partition coefficient (Wildman–Crippen LogP) is 22.0. The molecule has 0 radical (unpaired) electrons. The Morgan fingerprint density at radius 3 is 1.26 bits per heavy atom. The number of aromatic nitrogens is 3. The van der Waals surface area contributed by atoms with Gasteiger partial charge in [0.25, 0.3) is 0 Å². The first-order valence-electron chi connectivity index (χ1n) is 30.2. The molecular formula is C77H89N3O2. The summed E-state index contributed by atoms with van der Waals surface area (Å²) in [5.74, 6) is 1.54. The van der Waals surface area contributed by atoms with Gasteiger partial charge < -0.3 is 23.2 Å². The first-order valence-corrected chi connectivity index (χ1v) is 30.2. The summed E-state index contributed by atoms with van der Waals surface area (Å²) in [6.07, 6.45) is 4.08. The number of ether oxygens (including phenoxy) is 2. The molecular weight excluding hydrogens is 999 g/mol. The molecule has 11 aromatic rings. The Morgan fingerprint density at radius 1 is 0.439 bits per heavy atom. The fourth-order valence-electron chi connectivity index (χ4n) is 13.1. The van der Waals surface area contributed by atoms with E-state index in [0.29, 0.717) is 31.6 Å². The number of rotatable bonds is 16. The van der Waals surface area contributed by atoms with E-state index in [9.17, 15) is 0 Å². The zero-order valence-corrected chi connectivity index (χ0v) is 52.0. The van der Waals surface area contributed by atoms with Crippen LogP contribution < -0.4 is 0 Å². The van der Waals surface area contributed by atoms with Crippen LogP contribution in [-0.2, 0) is 29.2 Å². The van der Waals surface area contributed by atoms with Gasteiger partial charge in [-0.05, 0) is 145 Å². The molecule has 3 heterocycles. The quantitative estimate of drug-likeness (QED) is 0.0714. The van der Waals surface area contributed by atoms with Crippen molar-refractivity contribution >= 4 is 65.4 Å². The third kappa shape index (κ3) is 11.3. The highest BCUT2D eigenvalue weighted by atomic mass is 16.5. The summed E-state index contributed by atoms with van der Waals surface area (Å²) in [5, 5.41) is 7.49. The van der Waals surface area contributed by atoms with Gasteiger partial charge in [0.1, 0.15) is 6.61 Å². The van der Waals surface area contributed by atoms with Crippen molar-refractivity contribution in [3.8, 4) is 11.4 Å². The van der Waals surface area contributed by atoms with Crippen LogP contribution in [0.15, 0.2) is 205 Å². The van der Waals surface area contributed by atoms with Gasteiger partial charge in [-0.2, -0.15) is 0 Å². The highest BCUT2D eigenvalue weighted by Crippen LogP contribution is 2.60. The van der Waals surface area contributed by atoms with Gasteiger partial charge in [-0.15, -0.1) is 0 Å². The predicted molar refractivity (Wildman–Crippen MR) is 354 cm³/mol. The van der Waals surface area contributed by atoms with Crippen LogP contribution in [0.4, 0.5) is 0 Å². The molecule has 0 fully saturated rings. The summed E-state index contributed by atoms with van der Waals surface area (Å²) in [4.78, 5) is 0. The summed E-state index contributed by atoms with van der Waals surface area (Å²) >= 11 is 0. The average Bonchev–Trinajstić information content (AvgIpc) is 2.42. The van der Waals surface area contributed by atoms with E-state index < -0.39 is 0 Å². The Labute approximate surface area is 489 Å². The van der Waals surface area contributed by atoms with E-state index in [-0.39, 0.29) is 22.3 Å². The Morgan fingerprint density at radius 2 is 0.841 bits per heavy atom. The van der Waals surface area contributed by atoms with E-state index in [2.05, 4.69) is 278 Å². The standard InChI is InChI=1S/C73H77N3O2.2C2H6/c1-48(2)29-30-49(3)77-46-52-31-35-54(36-32-52)51(5)72(9,10)73(11,12)70(71(6,7)8)55-37-33-53(34-38-55)47-78-50(4)45-74-64-41-39-56(75-66-25-17-13-21-58(66)59-22-14-18-26-67(59)75)43-62(64)63-44-57(40-42-65(63)74)76-68-27-19-15-23-60(68)61-24-16-20-28-69(61)76;2*1-2/h13-44,50-51,70H,45-47H2,1-12H3;2*1-2H3/b49-30+;;. The molecule has 0 aliphatic rings. The van der Waals surface area contributed by atoms with Crippen LogP contribution in [0.1, 0.15) is 145 Å². The highest BCUT2D eigenvalue weighted by molar-refractivity contribution is 6.13. The van der Waals surface area contributed by atoms with Crippen molar-refractivity contribution in [1.29, 1.82) is 0 Å². The van der Waals surface area contributed by atoms with Gasteiger partial charge in [0, 0.05) is 61.3 Å². The maximum absolute atomic E-state index is 6.84. The lowest BCUT2D eigenvalue weighted by molar-refractivity contribution is 0.00959. The van der Waals surface area contributed by atoms with E-state index in [1.54, 1.807) is 0 Å². The lowest BCUT2D eigenvalue weighted by Gasteiger charge is -2.54. The van der Waals surface area contributed by atoms with Gasteiger partial charge in [0.15, 0.2) is 0 Å². The lowest BCUT2D eigenvalue weighted by atomic mass is 9.50. The van der Waals surface area contributed by atoms with Crippen molar-refractivity contribution < 1.29 is 9.47 Å². The van der Waals surface area contributed by atoms with Crippen molar-refractivity contribution in [2.75, 3.05) is 0 Å². The van der Waals surface area contributed by atoms with Crippen LogP contribution >= 0.6 is 0 Å². The first-order chi connectivity index (χ1) is 39.4. The summed E-state index contributed by atoms with van der Waals surface area (Å²) in [6.45, 7) is 37.8. The topological polar surface area (TPSA) is 33.2 Å². The molecule has 0 aliphatic carbocycles. The van der Waals surface area contributed by atoms with Crippen molar-refractivity contribution in [3.63, 3.8) is 0 Å². The summed E-state index contributed by atoms with van der Waals surface area (Å²) in [6, 6.07) is 67.6. The zero-order chi connectivity index (χ0) is 58.7. The van der Waals surface area contributed by atoms with Crippen molar-refractivity contribution in [2.45, 2.75) is 148 Å². The van der Waals surface area contributed by atoms with E-state index in [1.165, 1.54) is 93.2 Å². The van der Waals surface area contributed by atoms with Crippen LogP contribution in [0, 0.1) is 16.2 Å². The van der Waals surface area contributed by atoms with Crippen molar-refractivity contribution in [1.82, 2.24) is 13.7 Å². The van der Waals surface area contributed by atoms with Gasteiger partial charge in [-0.1, -0.05) is 216 Å². The number of allylic oxidation sites excluding steroid dienone is 4. The largest absolute Gasteiger partial charge is 0.494 e. The number of benzene rings is 8. The molecule has 3 unspecified atom stereocenters. The van der Waals surface area contributed by atoms with Crippen LogP contribution in [0.5, 0.6) is 0 Å². The summed E-state index contributed by atoms with van der Waals surface area (Å²) < 4.78 is 20.3. The molecule has 0 amide bonds. The molecule has 424 valence electrons. The number of fused-ring (bicyclic) bond motifs is 9. The van der Waals surface area contributed by atoms with E-state index >= 15 is 0 Å². The fraction of sp³-hybridized carbons (Fsp3) is 0.325. The number of hydrogen-bond acceptors (Lipinski definition) is 2. The molecule has 0 aliphatic heterocycles. The molecule has 0 N–H and O–H groups in total. The Bertz CT molecular complexity index is 3770. The Kier molecular flexibility index (Phi) is 17.6. The van der Waals surface area contributed by atoms with Crippen LogP contribution in [0.25, 0.3) is 76.8 Å². The van der Waals surface area contributed by atoms with E-state index in [0.717, 1.165) is 17.1 Å². The Balaban J connectivity index is 0.00000198. The summed E-state index contributed by atoms with van der Waals surface area (Å²) in [7, 11) is 0. The minimum absolute atomic E-state index is 0.0157. The smallest absolute Gasteiger partial charge is 0.113 e. The maximum atomic E-state index is 6.84. The van der Waals surface area contributed by atoms with E-state index in [1.807, 2.05) is 40.7 Å². The van der Waals surface area contributed by atoms with Crippen LogP contribution in [0.3, 0.4) is 0 Å². The van der Waals surface area contributed by atoms with Gasteiger partial charge in [0.2, 0.25) is 0 Å². The first kappa shape index (κ1) is 59.0. The maximum Gasteiger partial charge on any atom is 0.113 e. The molecule has 8 aromatic carbocycles. The molecule has 3 aromatic heterocycles. The summed E-state index contributed by atoms with van der Waals surface area (Å²) in [5.41, 5.74) is 15.8. The fourth-order valence-corrected chi connectivity index (χ4v) is 13.1. The molecule has 5 heteroatoms. The Hall–Kier alpha value is -7.60. The van der Waals surface area contributed by atoms with Crippen LogP contribution in [0.2, 0.25) is 0 Å². The molecule has 0 spiro atoms. The van der Waals surface area contributed by atoms with Crippen molar-refractivity contribution in [2.24, 2.45) is 16.2 Å². The number of para-hydroxylation sites is 4. The second-order valence-corrected chi connectivity index (χ2v) is 24.6. The SMILES string of the molecule is CC.CC.CC(C)=C/C=C(\C)OCc1ccc(C(C)C(C)(C)C(C)(C)C(c2ccc(COC(C)Cn3c4ccc(-n5c6ccccc6c6ccccc65)cc4c4cc(-n5c6ccccc6c6ccccc65)ccc43)cc2)C(C)(C)C)cc1. The molecule has 5 nitrogen and oxygen atoms in total. The molecule has 11 rings (SSSR count). The minimum atomic E-state index is -0.0669. The minimum Gasteiger partial charge on any atom is -0.494 e. The highest BCUT2D eigenvalue weighted by Gasteiger charge is 2.50. The van der Waals surface area contributed by atoms with Crippen molar-refractivity contribution in [3.05, 3.63) is 228 Å². The third-order valence-corrected chi connectivity index (χ3v) is 17.7. The number of hydrogen-bond donors (Lipinski definition) is 0. The van der Waals surface area contributed by atoms with Gasteiger partial charge in [-0.3, -0.25) is 0 Å². The van der Waals surface area contributed by atoms with Gasteiger partial charge in [0.05, 0.1) is 40.5 Å². The zero-order valence-electron chi connectivity index (χ0n) is 52.0. The van der Waals surface area contributed by atoms with Gasteiger partial charge in [-0.25, -0.2) is 0 Å². The van der Waals surface area contributed by atoms with Gasteiger partial charge >= 0.3 is 0 Å². The lowest BCUT2D eigenvalue weighted by Crippen LogP contribution is -2.45. The van der Waals surface area contributed by atoms with Crippen LogP contribution in [-0.4, -0.2) is 19.8 Å². The van der Waals surface area contributed by atoms with E-state index in [4.69, 9.17) is 9.47 Å². The second kappa shape index (κ2) is 24.5. The normalized spacial score (nSPS) is 13.5. The molecule has 0 bridgehead atoms. The molecule has 0 saturated heterocycles.